The van der Waals surface area contributed by atoms with Crippen LogP contribution in [0.5, 0.6) is 0 Å². The second kappa shape index (κ2) is 8.60. The zero-order valence-corrected chi connectivity index (χ0v) is 14.2. The molecule has 6 heteroatoms. The van der Waals surface area contributed by atoms with E-state index in [2.05, 4.69) is 59.1 Å². The first-order valence-electron chi connectivity index (χ1n) is 7.45. The number of likely N-dealkylation sites (N-methyl/N-ethyl adjacent to an activating group) is 1. The van der Waals surface area contributed by atoms with Crippen LogP contribution in [0.1, 0.15) is 23.6 Å². The van der Waals surface area contributed by atoms with Crippen molar-refractivity contribution < 1.29 is 4.42 Å². The van der Waals surface area contributed by atoms with Crippen LogP contribution in [0.3, 0.4) is 0 Å². The smallest absolute Gasteiger partial charge is 0.191 e. The number of hydrogen-bond donors (Lipinski definition) is 2. The number of furan rings is 1. The van der Waals surface area contributed by atoms with E-state index in [1.54, 1.807) is 17.6 Å². The van der Waals surface area contributed by atoms with Crippen LogP contribution < -0.4 is 10.6 Å². The van der Waals surface area contributed by atoms with Crippen molar-refractivity contribution >= 4 is 17.3 Å². The van der Waals surface area contributed by atoms with Gasteiger partial charge in [-0.15, -0.1) is 11.3 Å². The average molecular weight is 320 g/mol. The van der Waals surface area contributed by atoms with Crippen molar-refractivity contribution in [2.24, 2.45) is 4.99 Å². The average Bonchev–Trinajstić information content (AvgIpc) is 3.18. The molecule has 22 heavy (non-hydrogen) atoms. The minimum Gasteiger partial charge on any atom is -0.467 e. The summed E-state index contributed by atoms with van der Waals surface area (Å²) >= 11 is 1.78. The van der Waals surface area contributed by atoms with E-state index in [0.29, 0.717) is 12.6 Å². The molecule has 0 spiro atoms. The molecule has 0 amide bonds. The SMILES string of the molecule is CCNC(=NCc1ccco1)NCC(c1cccs1)N(C)C. The Balaban J connectivity index is 1.96. The van der Waals surface area contributed by atoms with Crippen molar-refractivity contribution in [1.29, 1.82) is 0 Å². The van der Waals surface area contributed by atoms with Gasteiger partial charge in [0.15, 0.2) is 5.96 Å². The Kier molecular flexibility index (Phi) is 6.48. The van der Waals surface area contributed by atoms with Gasteiger partial charge in [-0.2, -0.15) is 0 Å². The minimum atomic E-state index is 0.326. The molecule has 5 nitrogen and oxygen atoms in total. The van der Waals surface area contributed by atoms with E-state index in [4.69, 9.17) is 4.42 Å². The monoisotopic (exact) mass is 320 g/mol. The Morgan fingerprint density at radius 3 is 2.77 bits per heavy atom. The van der Waals surface area contributed by atoms with Crippen LogP contribution in [-0.2, 0) is 6.54 Å². The summed E-state index contributed by atoms with van der Waals surface area (Å²) in [6, 6.07) is 8.40. The van der Waals surface area contributed by atoms with Gasteiger partial charge in [0.1, 0.15) is 12.3 Å². The fraction of sp³-hybridized carbons (Fsp3) is 0.438. The first kappa shape index (κ1) is 16.6. The summed E-state index contributed by atoms with van der Waals surface area (Å²) in [6.07, 6.45) is 1.67. The van der Waals surface area contributed by atoms with Crippen LogP contribution in [0.25, 0.3) is 0 Å². The summed E-state index contributed by atoms with van der Waals surface area (Å²) in [5.74, 6) is 1.67. The predicted octanol–water partition coefficient (Wildman–Crippen LogP) is 2.70. The topological polar surface area (TPSA) is 52.8 Å². The van der Waals surface area contributed by atoms with Crippen LogP contribution in [0.2, 0.25) is 0 Å². The van der Waals surface area contributed by atoms with Gasteiger partial charge in [-0.25, -0.2) is 4.99 Å². The summed E-state index contributed by atoms with van der Waals surface area (Å²) in [5, 5.41) is 8.79. The fourth-order valence-corrected chi connectivity index (χ4v) is 3.04. The molecule has 0 radical (unpaired) electrons. The van der Waals surface area contributed by atoms with Gasteiger partial charge < -0.3 is 20.0 Å². The molecule has 0 aromatic carbocycles. The Morgan fingerprint density at radius 1 is 1.32 bits per heavy atom. The highest BCUT2D eigenvalue weighted by Gasteiger charge is 2.15. The maximum atomic E-state index is 5.32. The number of rotatable bonds is 7. The van der Waals surface area contributed by atoms with E-state index < -0.39 is 0 Å². The van der Waals surface area contributed by atoms with E-state index in [1.807, 2.05) is 12.1 Å². The van der Waals surface area contributed by atoms with Crippen molar-refractivity contribution in [2.45, 2.75) is 19.5 Å². The number of nitrogens with zero attached hydrogens (tertiary/aromatic N) is 2. The third-order valence-electron chi connectivity index (χ3n) is 3.28. The number of guanidine groups is 1. The molecule has 2 N–H and O–H groups in total. The third kappa shape index (κ3) is 4.89. The van der Waals surface area contributed by atoms with Gasteiger partial charge in [-0.3, -0.25) is 0 Å². The summed E-state index contributed by atoms with van der Waals surface area (Å²) in [5.41, 5.74) is 0. The van der Waals surface area contributed by atoms with Gasteiger partial charge in [-0.1, -0.05) is 6.07 Å². The Labute approximate surface area is 136 Å². The molecular formula is C16H24N4OS. The third-order valence-corrected chi connectivity index (χ3v) is 4.25. The minimum absolute atomic E-state index is 0.326. The normalized spacial score (nSPS) is 13.4. The summed E-state index contributed by atoms with van der Waals surface area (Å²) in [6.45, 7) is 4.23. The van der Waals surface area contributed by atoms with Crippen molar-refractivity contribution in [2.75, 3.05) is 27.2 Å². The van der Waals surface area contributed by atoms with Crippen LogP contribution in [0.4, 0.5) is 0 Å². The maximum Gasteiger partial charge on any atom is 0.191 e. The van der Waals surface area contributed by atoms with Crippen LogP contribution in [-0.4, -0.2) is 38.0 Å². The lowest BCUT2D eigenvalue weighted by atomic mass is 10.2. The fourth-order valence-electron chi connectivity index (χ4n) is 2.11. The van der Waals surface area contributed by atoms with E-state index >= 15 is 0 Å². The van der Waals surface area contributed by atoms with Gasteiger partial charge in [-0.05, 0) is 44.6 Å². The number of thiophene rings is 1. The molecule has 1 atom stereocenters. The molecule has 0 saturated carbocycles. The number of aliphatic imine (C=N–C) groups is 1. The zero-order chi connectivity index (χ0) is 15.8. The van der Waals surface area contributed by atoms with Gasteiger partial charge in [0.2, 0.25) is 0 Å². The number of hydrogen-bond acceptors (Lipinski definition) is 4. The highest BCUT2D eigenvalue weighted by atomic mass is 32.1. The molecule has 2 aromatic heterocycles. The maximum absolute atomic E-state index is 5.32. The van der Waals surface area contributed by atoms with Crippen molar-refractivity contribution in [1.82, 2.24) is 15.5 Å². The van der Waals surface area contributed by atoms with Crippen molar-refractivity contribution in [3.63, 3.8) is 0 Å². The predicted molar refractivity (Wildman–Crippen MR) is 92.3 cm³/mol. The Bertz CT molecular complexity index is 549. The molecule has 0 bridgehead atoms. The highest BCUT2D eigenvalue weighted by molar-refractivity contribution is 7.10. The molecule has 120 valence electrons. The largest absolute Gasteiger partial charge is 0.467 e. The molecule has 0 saturated heterocycles. The zero-order valence-electron chi connectivity index (χ0n) is 13.4. The Hall–Kier alpha value is -1.79. The second-order valence-electron chi connectivity index (χ2n) is 5.15. The summed E-state index contributed by atoms with van der Waals surface area (Å²) in [7, 11) is 4.19. The van der Waals surface area contributed by atoms with Gasteiger partial charge >= 0.3 is 0 Å². The van der Waals surface area contributed by atoms with Gasteiger partial charge in [0.05, 0.1) is 12.3 Å². The molecule has 1 unspecified atom stereocenters. The molecule has 0 aliphatic carbocycles. The summed E-state index contributed by atoms with van der Waals surface area (Å²) < 4.78 is 5.32. The lowest BCUT2D eigenvalue weighted by molar-refractivity contribution is 0.302. The molecule has 0 fully saturated rings. The van der Waals surface area contributed by atoms with Crippen molar-refractivity contribution in [3.05, 3.63) is 46.5 Å². The molecule has 2 heterocycles. The molecule has 2 rings (SSSR count). The second-order valence-corrected chi connectivity index (χ2v) is 6.13. The molecule has 2 aromatic rings. The highest BCUT2D eigenvalue weighted by Crippen LogP contribution is 2.22. The number of nitrogens with one attached hydrogen (secondary N) is 2. The standard InChI is InChI=1S/C16H24N4OS/c1-4-17-16(18-11-13-7-5-9-21-13)19-12-14(20(2)3)15-8-6-10-22-15/h5-10,14H,4,11-12H2,1-3H3,(H2,17,18,19). The van der Waals surface area contributed by atoms with Crippen LogP contribution in [0.15, 0.2) is 45.3 Å². The molecule has 0 aliphatic rings. The Morgan fingerprint density at radius 2 is 2.18 bits per heavy atom. The van der Waals surface area contributed by atoms with E-state index in [1.165, 1.54) is 4.88 Å². The van der Waals surface area contributed by atoms with Gasteiger partial charge in [0.25, 0.3) is 0 Å². The quantitative estimate of drug-likeness (QED) is 0.608. The lowest BCUT2D eigenvalue weighted by Crippen LogP contribution is -2.41. The first-order valence-corrected chi connectivity index (χ1v) is 8.33. The molecular weight excluding hydrogens is 296 g/mol. The van der Waals surface area contributed by atoms with E-state index in [9.17, 15) is 0 Å². The van der Waals surface area contributed by atoms with Gasteiger partial charge in [0, 0.05) is 18.0 Å². The van der Waals surface area contributed by atoms with E-state index in [0.717, 1.165) is 24.8 Å². The van der Waals surface area contributed by atoms with Crippen LogP contribution >= 0.6 is 11.3 Å². The van der Waals surface area contributed by atoms with E-state index in [-0.39, 0.29) is 0 Å². The first-order chi connectivity index (χ1) is 10.7. The van der Waals surface area contributed by atoms with Crippen molar-refractivity contribution in [3.8, 4) is 0 Å². The summed E-state index contributed by atoms with van der Waals surface area (Å²) in [4.78, 5) is 8.12. The lowest BCUT2D eigenvalue weighted by Gasteiger charge is -2.24. The molecule has 0 aliphatic heterocycles. The van der Waals surface area contributed by atoms with Crippen LogP contribution in [0, 0.1) is 0 Å².